The fourth-order valence-corrected chi connectivity index (χ4v) is 3.43. The van der Waals surface area contributed by atoms with E-state index in [1.807, 2.05) is 6.92 Å². The molecule has 1 heterocycles. The molecule has 1 fully saturated rings. The maximum absolute atomic E-state index is 12.2. The first-order valence-corrected chi connectivity index (χ1v) is 9.27. The first-order valence-electron chi connectivity index (χ1n) is 7.86. The molecule has 0 saturated carbocycles. The van der Waals surface area contributed by atoms with Crippen molar-refractivity contribution in [3.05, 3.63) is 42.2 Å². The molecule has 7 heteroatoms. The van der Waals surface area contributed by atoms with Gasteiger partial charge in [0, 0.05) is 13.1 Å². The first kappa shape index (κ1) is 18.5. The Hall–Kier alpha value is -1.86. The summed E-state index contributed by atoms with van der Waals surface area (Å²) in [6, 6.07) is 6.56. The molecular formula is C17H23NO5S. The molecule has 1 aliphatic heterocycles. The van der Waals surface area contributed by atoms with Gasteiger partial charge in [-0.1, -0.05) is 24.3 Å². The standard InChI is InChI=1S/C17H23NO5S/c1-13(2)23-17(19)18-10-8-15(9-11-18)12-22-24(20,21)16-6-4-14(3)5-7-16/h4-7,15H,1,8-12H2,2-3H3. The van der Waals surface area contributed by atoms with Crippen LogP contribution in [0.1, 0.15) is 25.3 Å². The van der Waals surface area contributed by atoms with Crippen molar-refractivity contribution in [3.8, 4) is 0 Å². The zero-order valence-electron chi connectivity index (χ0n) is 14.0. The van der Waals surface area contributed by atoms with Crippen LogP contribution in [-0.4, -0.2) is 39.1 Å². The Labute approximate surface area is 143 Å². The lowest BCUT2D eigenvalue weighted by molar-refractivity contribution is 0.101. The number of nitrogens with zero attached hydrogens (tertiary/aromatic N) is 1. The molecular weight excluding hydrogens is 330 g/mol. The van der Waals surface area contributed by atoms with E-state index in [1.165, 1.54) is 0 Å². The van der Waals surface area contributed by atoms with E-state index >= 15 is 0 Å². The van der Waals surface area contributed by atoms with Gasteiger partial charge in [-0.3, -0.25) is 4.18 Å². The Bertz CT molecular complexity index is 688. The van der Waals surface area contributed by atoms with E-state index in [4.69, 9.17) is 8.92 Å². The molecule has 1 saturated heterocycles. The number of amides is 1. The monoisotopic (exact) mass is 353 g/mol. The van der Waals surface area contributed by atoms with Crippen LogP contribution in [-0.2, 0) is 19.0 Å². The molecule has 6 nitrogen and oxygen atoms in total. The number of carbonyl (C=O) groups is 1. The summed E-state index contributed by atoms with van der Waals surface area (Å²) in [5.74, 6) is 0.453. The fraction of sp³-hybridized carbons (Fsp3) is 0.471. The van der Waals surface area contributed by atoms with Gasteiger partial charge in [0.15, 0.2) is 0 Å². The van der Waals surface area contributed by atoms with Gasteiger partial charge in [0.1, 0.15) is 0 Å². The summed E-state index contributed by atoms with van der Waals surface area (Å²) < 4.78 is 34.5. The number of allylic oxidation sites excluding steroid dienone is 1. The number of benzene rings is 1. The minimum atomic E-state index is -3.74. The van der Waals surface area contributed by atoms with Crippen LogP contribution in [0.15, 0.2) is 41.5 Å². The topological polar surface area (TPSA) is 72.9 Å². The van der Waals surface area contributed by atoms with Crippen LogP contribution in [0.2, 0.25) is 0 Å². The number of piperidine rings is 1. The molecule has 0 spiro atoms. The van der Waals surface area contributed by atoms with E-state index in [1.54, 1.807) is 36.1 Å². The summed E-state index contributed by atoms with van der Waals surface area (Å²) in [6.07, 6.45) is 0.942. The fourth-order valence-electron chi connectivity index (χ4n) is 2.45. The number of likely N-dealkylation sites (tertiary alicyclic amines) is 1. The van der Waals surface area contributed by atoms with Crippen molar-refractivity contribution in [2.24, 2.45) is 5.92 Å². The molecule has 132 valence electrons. The highest BCUT2D eigenvalue weighted by Gasteiger charge is 2.26. The van der Waals surface area contributed by atoms with Crippen molar-refractivity contribution in [2.75, 3.05) is 19.7 Å². The lowest BCUT2D eigenvalue weighted by Crippen LogP contribution is -2.39. The van der Waals surface area contributed by atoms with E-state index in [0.29, 0.717) is 31.7 Å². The molecule has 1 amide bonds. The summed E-state index contributed by atoms with van der Waals surface area (Å²) in [5, 5.41) is 0. The Balaban J connectivity index is 1.83. The van der Waals surface area contributed by atoms with Crippen molar-refractivity contribution in [1.29, 1.82) is 0 Å². The van der Waals surface area contributed by atoms with Crippen LogP contribution in [0.3, 0.4) is 0 Å². The third kappa shape index (κ3) is 5.07. The van der Waals surface area contributed by atoms with E-state index < -0.39 is 16.2 Å². The van der Waals surface area contributed by atoms with Crippen LogP contribution in [0.5, 0.6) is 0 Å². The number of hydrogen-bond acceptors (Lipinski definition) is 5. The van der Waals surface area contributed by atoms with E-state index in [0.717, 1.165) is 5.56 Å². The van der Waals surface area contributed by atoms with Crippen LogP contribution in [0, 0.1) is 12.8 Å². The summed E-state index contributed by atoms with van der Waals surface area (Å²) in [4.78, 5) is 13.5. The van der Waals surface area contributed by atoms with Gasteiger partial charge in [-0.25, -0.2) is 4.79 Å². The average molecular weight is 353 g/mol. The number of aryl methyl sites for hydroxylation is 1. The zero-order chi connectivity index (χ0) is 17.7. The molecule has 0 aromatic heterocycles. The van der Waals surface area contributed by atoms with Crippen molar-refractivity contribution >= 4 is 16.2 Å². The number of ether oxygens (including phenoxy) is 1. The van der Waals surface area contributed by atoms with E-state index in [2.05, 4.69) is 6.58 Å². The van der Waals surface area contributed by atoms with Gasteiger partial charge in [-0.15, -0.1) is 0 Å². The Morgan fingerprint density at radius 1 is 1.25 bits per heavy atom. The Kier molecular flexibility index (Phi) is 6.01. The van der Waals surface area contributed by atoms with Gasteiger partial charge in [0.2, 0.25) is 0 Å². The molecule has 0 N–H and O–H groups in total. The van der Waals surface area contributed by atoms with Crippen molar-refractivity contribution < 1.29 is 22.1 Å². The molecule has 1 aliphatic rings. The number of carbonyl (C=O) groups excluding carboxylic acids is 1. The molecule has 0 unspecified atom stereocenters. The summed E-state index contributed by atoms with van der Waals surface area (Å²) in [7, 11) is -3.74. The lowest BCUT2D eigenvalue weighted by Gasteiger charge is -2.30. The van der Waals surface area contributed by atoms with Crippen molar-refractivity contribution in [2.45, 2.75) is 31.6 Å². The highest BCUT2D eigenvalue weighted by Crippen LogP contribution is 2.21. The van der Waals surface area contributed by atoms with Gasteiger partial charge in [-0.2, -0.15) is 8.42 Å². The molecule has 0 bridgehead atoms. The molecule has 1 aromatic rings. The summed E-state index contributed by atoms with van der Waals surface area (Å²) in [6.45, 7) is 8.21. The number of rotatable bonds is 5. The molecule has 0 radical (unpaired) electrons. The van der Waals surface area contributed by atoms with Crippen molar-refractivity contribution in [1.82, 2.24) is 4.90 Å². The average Bonchev–Trinajstić information content (AvgIpc) is 2.53. The molecule has 0 aliphatic carbocycles. The predicted octanol–water partition coefficient (Wildman–Crippen LogP) is 3.08. The number of hydrogen-bond donors (Lipinski definition) is 0. The Morgan fingerprint density at radius 2 is 1.83 bits per heavy atom. The summed E-state index contributed by atoms with van der Waals surface area (Å²) >= 11 is 0. The van der Waals surface area contributed by atoms with Crippen molar-refractivity contribution in [3.63, 3.8) is 0 Å². The van der Waals surface area contributed by atoms with Gasteiger partial charge in [-0.05, 0) is 44.7 Å². The first-order chi connectivity index (χ1) is 11.3. The zero-order valence-corrected chi connectivity index (χ0v) is 14.8. The van der Waals surface area contributed by atoms with Crippen LogP contribution in [0.25, 0.3) is 0 Å². The smallest absolute Gasteiger partial charge is 0.414 e. The van der Waals surface area contributed by atoms with Crippen LogP contribution in [0.4, 0.5) is 4.79 Å². The minimum absolute atomic E-state index is 0.0964. The van der Waals surface area contributed by atoms with Gasteiger partial charge < -0.3 is 9.64 Å². The van der Waals surface area contributed by atoms with Gasteiger partial charge in [0.25, 0.3) is 10.1 Å². The van der Waals surface area contributed by atoms with E-state index in [9.17, 15) is 13.2 Å². The largest absolute Gasteiger partial charge is 0.416 e. The molecule has 24 heavy (non-hydrogen) atoms. The second-order valence-corrected chi connectivity index (χ2v) is 7.67. The molecule has 2 rings (SSSR count). The highest BCUT2D eigenvalue weighted by atomic mass is 32.2. The molecule has 0 atom stereocenters. The Morgan fingerprint density at radius 3 is 2.38 bits per heavy atom. The third-order valence-electron chi connectivity index (χ3n) is 3.90. The second-order valence-electron chi connectivity index (χ2n) is 6.05. The quantitative estimate of drug-likeness (QED) is 0.601. The highest BCUT2D eigenvalue weighted by molar-refractivity contribution is 7.86. The lowest BCUT2D eigenvalue weighted by atomic mass is 9.98. The minimum Gasteiger partial charge on any atom is -0.416 e. The SMILES string of the molecule is C=C(C)OC(=O)N1CCC(COS(=O)(=O)c2ccc(C)cc2)CC1. The normalized spacial score (nSPS) is 16.0. The summed E-state index contributed by atoms with van der Waals surface area (Å²) in [5.41, 5.74) is 0.989. The van der Waals surface area contributed by atoms with Gasteiger partial charge >= 0.3 is 6.09 Å². The molecule has 1 aromatic carbocycles. The second kappa shape index (κ2) is 7.81. The predicted molar refractivity (Wildman–Crippen MR) is 89.9 cm³/mol. The van der Waals surface area contributed by atoms with Crippen LogP contribution < -0.4 is 0 Å². The van der Waals surface area contributed by atoms with E-state index in [-0.39, 0.29) is 17.4 Å². The van der Waals surface area contributed by atoms with Crippen LogP contribution >= 0.6 is 0 Å². The maximum atomic E-state index is 12.2. The maximum Gasteiger partial charge on any atom is 0.414 e. The third-order valence-corrected chi connectivity index (χ3v) is 5.20. The van der Waals surface area contributed by atoms with Gasteiger partial charge in [0.05, 0.1) is 17.3 Å².